The monoisotopic (exact) mass is 456 g/mol. The van der Waals surface area contributed by atoms with Gasteiger partial charge in [-0.25, -0.2) is 4.79 Å². The molecule has 0 unspecified atom stereocenters. The first kappa shape index (κ1) is 20.4. The number of carbonyl (C=O) groups is 1. The third-order valence-corrected chi connectivity index (χ3v) is 6.34. The smallest absolute Gasteiger partial charge is 0.336 e. The highest BCUT2D eigenvalue weighted by Crippen LogP contribution is 2.50. The van der Waals surface area contributed by atoms with E-state index >= 15 is 0 Å². The van der Waals surface area contributed by atoms with E-state index < -0.39 is 5.63 Å². The van der Waals surface area contributed by atoms with Gasteiger partial charge in [0.2, 0.25) is 12.5 Å². The summed E-state index contributed by atoms with van der Waals surface area (Å²) in [6.45, 7) is 2.03. The molecule has 3 aromatic carbocycles. The molecule has 6 rings (SSSR count). The summed E-state index contributed by atoms with van der Waals surface area (Å²) in [6.07, 6.45) is 0.152. The number of rotatable bonds is 3. The van der Waals surface area contributed by atoms with Crippen molar-refractivity contribution in [2.75, 3.05) is 13.9 Å². The number of ether oxygens (including phenoxy) is 4. The van der Waals surface area contributed by atoms with Gasteiger partial charge in [0.1, 0.15) is 11.3 Å². The Bertz CT molecular complexity index is 1520. The van der Waals surface area contributed by atoms with Crippen molar-refractivity contribution in [3.05, 3.63) is 81.7 Å². The van der Waals surface area contributed by atoms with Crippen LogP contribution in [0.5, 0.6) is 23.0 Å². The second-order valence-corrected chi connectivity index (χ2v) is 8.34. The number of hydrogen-bond donors (Lipinski definition) is 0. The first-order valence-corrected chi connectivity index (χ1v) is 10.9. The highest BCUT2D eigenvalue weighted by molar-refractivity contribution is 6.01. The van der Waals surface area contributed by atoms with Crippen LogP contribution in [0.3, 0.4) is 0 Å². The van der Waals surface area contributed by atoms with Crippen molar-refractivity contribution in [1.82, 2.24) is 0 Å². The Labute approximate surface area is 194 Å². The summed E-state index contributed by atoms with van der Waals surface area (Å²) in [6, 6.07) is 16.5. The van der Waals surface area contributed by atoms with Gasteiger partial charge in [-0.15, -0.1) is 0 Å². The standard InChI is InChI=1S/C27H20O7/c1-14-8-19-25(17(11-22(28)33-19)15-6-4-3-5-7-15)27-24(14)18(12-23(29)34-27)16-9-20(30-2)26-21(10-16)31-13-32-26/h3-11,18H,12-13H2,1-2H3/t18-/m0/s1. The van der Waals surface area contributed by atoms with Crippen LogP contribution in [0.1, 0.15) is 29.0 Å². The fourth-order valence-corrected chi connectivity index (χ4v) is 4.88. The third-order valence-electron chi connectivity index (χ3n) is 6.34. The number of hydrogen-bond acceptors (Lipinski definition) is 7. The molecule has 4 aromatic rings. The average Bonchev–Trinajstić information content (AvgIpc) is 3.31. The molecule has 170 valence electrons. The minimum absolute atomic E-state index is 0.113. The molecule has 1 aromatic heterocycles. The van der Waals surface area contributed by atoms with Gasteiger partial charge in [-0.2, -0.15) is 0 Å². The highest BCUT2D eigenvalue weighted by atomic mass is 16.7. The maximum atomic E-state index is 12.9. The number of carbonyl (C=O) groups excluding carboxylic acids is 1. The van der Waals surface area contributed by atoms with Crippen LogP contribution in [-0.4, -0.2) is 19.9 Å². The largest absolute Gasteiger partial charge is 0.493 e. The van der Waals surface area contributed by atoms with Crippen LogP contribution in [0.15, 0.2) is 63.8 Å². The lowest BCUT2D eigenvalue weighted by atomic mass is 9.82. The molecule has 0 spiro atoms. The van der Waals surface area contributed by atoms with E-state index in [1.165, 1.54) is 6.07 Å². The van der Waals surface area contributed by atoms with E-state index in [0.29, 0.717) is 39.5 Å². The number of fused-ring (bicyclic) bond motifs is 4. The molecule has 0 radical (unpaired) electrons. The Morgan fingerprint density at radius 2 is 1.79 bits per heavy atom. The Kier molecular flexibility index (Phi) is 4.58. The van der Waals surface area contributed by atoms with Crippen LogP contribution in [0.4, 0.5) is 0 Å². The summed E-state index contributed by atoms with van der Waals surface area (Å²) in [4.78, 5) is 25.2. The topological polar surface area (TPSA) is 84.2 Å². The van der Waals surface area contributed by atoms with E-state index in [1.807, 2.05) is 55.5 Å². The van der Waals surface area contributed by atoms with Crippen molar-refractivity contribution in [3.8, 4) is 34.1 Å². The number of methoxy groups -OCH3 is 1. The van der Waals surface area contributed by atoms with Crippen LogP contribution >= 0.6 is 0 Å². The normalized spacial score (nSPS) is 16.3. The number of esters is 1. The first-order valence-electron chi connectivity index (χ1n) is 10.9. The molecule has 0 fully saturated rings. The van der Waals surface area contributed by atoms with Gasteiger partial charge in [0.15, 0.2) is 11.5 Å². The SMILES string of the molecule is COc1cc([C@@H]2CC(=O)Oc3c2c(C)cc2oc(=O)cc(-c4ccccc4)c32)cc2c1OCO2. The molecule has 34 heavy (non-hydrogen) atoms. The van der Waals surface area contributed by atoms with E-state index in [4.69, 9.17) is 23.4 Å². The molecule has 3 heterocycles. The van der Waals surface area contributed by atoms with Crippen molar-refractivity contribution < 1.29 is 28.2 Å². The van der Waals surface area contributed by atoms with Crippen LogP contribution in [0.2, 0.25) is 0 Å². The van der Waals surface area contributed by atoms with Gasteiger partial charge in [0, 0.05) is 23.1 Å². The minimum atomic E-state index is -0.468. The summed E-state index contributed by atoms with van der Waals surface area (Å²) in [5.74, 6) is 1.40. The highest BCUT2D eigenvalue weighted by Gasteiger charge is 2.35. The number of benzene rings is 3. The van der Waals surface area contributed by atoms with Gasteiger partial charge in [-0.3, -0.25) is 4.79 Å². The van der Waals surface area contributed by atoms with E-state index in [9.17, 15) is 9.59 Å². The van der Waals surface area contributed by atoms with Crippen molar-refractivity contribution >= 4 is 16.9 Å². The van der Waals surface area contributed by atoms with Crippen molar-refractivity contribution in [3.63, 3.8) is 0 Å². The Hall–Kier alpha value is -4.26. The van der Waals surface area contributed by atoms with Gasteiger partial charge >= 0.3 is 11.6 Å². The molecule has 0 bridgehead atoms. The van der Waals surface area contributed by atoms with E-state index in [-0.39, 0.29) is 25.1 Å². The van der Waals surface area contributed by atoms with Crippen molar-refractivity contribution in [2.45, 2.75) is 19.3 Å². The van der Waals surface area contributed by atoms with Crippen LogP contribution in [-0.2, 0) is 4.79 Å². The minimum Gasteiger partial charge on any atom is -0.493 e. The Balaban J connectivity index is 1.64. The Morgan fingerprint density at radius 3 is 2.59 bits per heavy atom. The zero-order valence-corrected chi connectivity index (χ0v) is 18.5. The lowest BCUT2D eigenvalue weighted by molar-refractivity contribution is -0.135. The third kappa shape index (κ3) is 3.12. The summed E-state index contributed by atoms with van der Waals surface area (Å²) >= 11 is 0. The van der Waals surface area contributed by atoms with Crippen molar-refractivity contribution in [1.29, 1.82) is 0 Å². The molecule has 7 heteroatoms. The predicted molar refractivity (Wildman–Crippen MR) is 124 cm³/mol. The summed E-state index contributed by atoms with van der Waals surface area (Å²) in [7, 11) is 1.57. The predicted octanol–water partition coefficient (Wildman–Crippen LogP) is 4.95. The molecule has 0 amide bonds. The summed E-state index contributed by atoms with van der Waals surface area (Å²) in [5, 5.41) is 0.595. The molecule has 1 atom stereocenters. The fourth-order valence-electron chi connectivity index (χ4n) is 4.88. The summed E-state index contributed by atoms with van der Waals surface area (Å²) < 4.78 is 28.0. The van der Waals surface area contributed by atoms with Crippen molar-refractivity contribution in [2.24, 2.45) is 0 Å². The maximum absolute atomic E-state index is 12.9. The maximum Gasteiger partial charge on any atom is 0.336 e. The van der Waals surface area contributed by atoms with E-state index in [2.05, 4.69) is 0 Å². The molecule has 2 aliphatic rings. The lowest BCUT2D eigenvalue weighted by Crippen LogP contribution is -2.22. The second-order valence-electron chi connectivity index (χ2n) is 8.34. The first-order chi connectivity index (χ1) is 16.5. The Morgan fingerprint density at radius 1 is 0.971 bits per heavy atom. The van der Waals surface area contributed by atoms with Gasteiger partial charge < -0.3 is 23.4 Å². The fraction of sp³-hybridized carbons (Fsp3) is 0.185. The molecular weight excluding hydrogens is 436 g/mol. The molecular formula is C27H20O7. The van der Waals surface area contributed by atoms with Gasteiger partial charge in [-0.05, 0) is 41.8 Å². The van der Waals surface area contributed by atoms with E-state index in [0.717, 1.165) is 22.3 Å². The van der Waals surface area contributed by atoms with E-state index in [1.54, 1.807) is 7.11 Å². The molecule has 7 nitrogen and oxygen atoms in total. The van der Waals surface area contributed by atoms with Gasteiger partial charge in [0.05, 0.1) is 18.9 Å². The van der Waals surface area contributed by atoms with Gasteiger partial charge in [0.25, 0.3) is 0 Å². The van der Waals surface area contributed by atoms with Crippen LogP contribution < -0.4 is 24.6 Å². The second kappa shape index (κ2) is 7.66. The molecule has 0 saturated carbocycles. The number of aryl methyl sites for hydroxylation is 1. The lowest BCUT2D eigenvalue weighted by Gasteiger charge is -2.28. The quantitative estimate of drug-likeness (QED) is 0.245. The van der Waals surface area contributed by atoms with Crippen LogP contribution in [0.25, 0.3) is 22.1 Å². The van der Waals surface area contributed by atoms with Crippen LogP contribution in [0, 0.1) is 6.92 Å². The molecule has 0 aliphatic carbocycles. The molecule has 0 saturated heterocycles. The molecule has 0 N–H and O–H groups in total. The zero-order chi connectivity index (χ0) is 23.4. The summed E-state index contributed by atoms with van der Waals surface area (Å²) in [5.41, 5.74) is 3.95. The van der Waals surface area contributed by atoms with Gasteiger partial charge in [-0.1, -0.05) is 30.3 Å². The zero-order valence-electron chi connectivity index (χ0n) is 18.5. The average molecular weight is 456 g/mol. The molecule has 2 aliphatic heterocycles.